The molecule has 1 aromatic carbocycles. The molecule has 5 heteroatoms. The summed E-state index contributed by atoms with van der Waals surface area (Å²) in [5, 5.41) is 2.83. The molecule has 21 heavy (non-hydrogen) atoms. The third-order valence-electron chi connectivity index (χ3n) is 3.56. The number of aliphatic imine (C=N–C) groups is 1. The average Bonchev–Trinajstić information content (AvgIpc) is 3.17. The Morgan fingerprint density at radius 2 is 2.05 bits per heavy atom. The van der Waals surface area contributed by atoms with E-state index in [-0.39, 0.29) is 6.29 Å². The summed E-state index contributed by atoms with van der Waals surface area (Å²) in [5.74, 6) is 0. The van der Waals surface area contributed by atoms with E-state index >= 15 is 0 Å². The van der Waals surface area contributed by atoms with Gasteiger partial charge in [-0.1, -0.05) is 17.7 Å². The van der Waals surface area contributed by atoms with Crippen LogP contribution in [0, 0.1) is 0 Å². The van der Waals surface area contributed by atoms with Crippen LogP contribution in [0.15, 0.2) is 47.2 Å². The van der Waals surface area contributed by atoms with Gasteiger partial charge in [0.15, 0.2) is 0 Å². The second-order valence-corrected chi connectivity index (χ2v) is 6.28. The molecule has 2 aliphatic rings. The number of nitrogens with zero attached hydrogens (tertiary/aromatic N) is 1. The van der Waals surface area contributed by atoms with Crippen molar-refractivity contribution in [2.45, 2.75) is 12.7 Å². The van der Waals surface area contributed by atoms with Gasteiger partial charge in [0.25, 0.3) is 6.29 Å². The second kappa shape index (κ2) is 5.20. The average molecular weight is 318 g/mol. The lowest BCUT2D eigenvalue weighted by Crippen LogP contribution is -2.13. The zero-order valence-corrected chi connectivity index (χ0v) is 12.7. The van der Waals surface area contributed by atoms with Crippen molar-refractivity contribution in [3.63, 3.8) is 0 Å². The smallest absolute Gasteiger partial charge is 0.275 e. The number of hydrogen-bond donors (Lipinski definition) is 0. The minimum atomic E-state index is -0.327. The van der Waals surface area contributed by atoms with Gasteiger partial charge in [0.2, 0.25) is 0 Å². The highest BCUT2D eigenvalue weighted by Crippen LogP contribution is 2.32. The fourth-order valence-corrected chi connectivity index (χ4v) is 3.61. The summed E-state index contributed by atoms with van der Waals surface area (Å²) in [6, 6.07) is 8.11. The first-order valence-electron chi connectivity index (χ1n) is 6.69. The number of benzene rings is 1. The molecule has 2 aliphatic heterocycles. The zero-order valence-electron chi connectivity index (χ0n) is 11.1. The summed E-state index contributed by atoms with van der Waals surface area (Å²) < 4.78 is 10.7. The van der Waals surface area contributed by atoms with Gasteiger partial charge in [0, 0.05) is 28.1 Å². The first-order chi connectivity index (χ1) is 10.3. The van der Waals surface area contributed by atoms with Crippen molar-refractivity contribution in [1.82, 2.24) is 0 Å². The predicted molar refractivity (Wildman–Crippen MR) is 84.0 cm³/mol. The van der Waals surface area contributed by atoms with Crippen molar-refractivity contribution < 1.29 is 9.47 Å². The maximum Gasteiger partial charge on any atom is 0.275 e. The minimum Gasteiger partial charge on any atom is -0.454 e. The third kappa shape index (κ3) is 2.34. The van der Waals surface area contributed by atoms with E-state index in [2.05, 4.69) is 22.5 Å². The van der Waals surface area contributed by atoms with Gasteiger partial charge in [-0.05, 0) is 30.2 Å². The Balaban J connectivity index is 1.71. The quantitative estimate of drug-likeness (QED) is 0.826. The summed E-state index contributed by atoms with van der Waals surface area (Å²) in [4.78, 5) is 5.72. The second-order valence-electron chi connectivity index (χ2n) is 4.90. The fraction of sp³-hybridized carbons (Fsp3) is 0.188. The molecule has 4 rings (SSSR count). The molecule has 0 N–H and O–H groups in total. The molecule has 0 bridgehead atoms. The van der Waals surface area contributed by atoms with Gasteiger partial charge in [0.05, 0.1) is 10.6 Å². The normalized spacial score (nSPS) is 17.1. The number of halogens is 1. The van der Waals surface area contributed by atoms with Crippen LogP contribution in [0.4, 0.5) is 0 Å². The number of hydrogen-bond acceptors (Lipinski definition) is 4. The SMILES string of the molecule is Clc1ccc2c(c1)C(c1csc(C3OC=CO3)c1)=NCC2. The lowest BCUT2D eigenvalue weighted by molar-refractivity contribution is -0.0216. The molecule has 0 aliphatic carbocycles. The summed E-state index contributed by atoms with van der Waals surface area (Å²) in [6.45, 7) is 0.813. The summed E-state index contributed by atoms with van der Waals surface area (Å²) in [5.41, 5.74) is 4.53. The molecule has 0 atom stereocenters. The van der Waals surface area contributed by atoms with Crippen molar-refractivity contribution in [3.8, 4) is 0 Å². The summed E-state index contributed by atoms with van der Waals surface area (Å²) in [6.07, 6.45) is 3.77. The molecule has 0 unspecified atom stereocenters. The van der Waals surface area contributed by atoms with Crippen LogP contribution in [-0.4, -0.2) is 12.3 Å². The van der Waals surface area contributed by atoms with Crippen LogP contribution in [0.25, 0.3) is 0 Å². The molecule has 0 saturated carbocycles. The van der Waals surface area contributed by atoms with E-state index in [4.69, 9.17) is 21.1 Å². The molecule has 0 saturated heterocycles. The molecule has 106 valence electrons. The minimum absolute atomic E-state index is 0.327. The van der Waals surface area contributed by atoms with E-state index in [1.165, 1.54) is 5.56 Å². The largest absolute Gasteiger partial charge is 0.454 e. The van der Waals surface area contributed by atoms with E-state index < -0.39 is 0 Å². The van der Waals surface area contributed by atoms with Gasteiger partial charge in [-0.3, -0.25) is 4.99 Å². The topological polar surface area (TPSA) is 30.8 Å². The molecule has 2 aromatic rings. The van der Waals surface area contributed by atoms with Crippen LogP contribution >= 0.6 is 22.9 Å². The number of fused-ring (bicyclic) bond motifs is 1. The molecule has 3 nitrogen and oxygen atoms in total. The summed E-state index contributed by atoms with van der Waals surface area (Å²) >= 11 is 7.75. The Hall–Kier alpha value is -1.78. The zero-order chi connectivity index (χ0) is 14.2. The number of ether oxygens (including phenoxy) is 2. The molecule has 1 aromatic heterocycles. The first kappa shape index (κ1) is 12.9. The van der Waals surface area contributed by atoms with Crippen molar-refractivity contribution in [2.24, 2.45) is 4.99 Å². The highest BCUT2D eigenvalue weighted by atomic mass is 35.5. The molecule has 3 heterocycles. The van der Waals surface area contributed by atoms with Gasteiger partial charge >= 0.3 is 0 Å². The highest BCUT2D eigenvalue weighted by Gasteiger charge is 2.22. The van der Waals surface area contributed by atoms with Gasteiger partial charge in [-0.2, -0.15) is 0 Å². The Kier molecular flexibility index (Phi) is 3.20. The van der Waals surface area contributed by atoms with E-state index in [0.29, 0.717) is 0 Å². The van der Waals surface area contributed by atoms with Crippen LogP contribution < -0.4 is 0 Å². The van der Waals surface area contributed by atoms with Crippen LogP contribution in [0.5, 0.6) is 0 Å². The lowest BCUT2D eigenvalue weighted by Gasteiger charge is -2.16. The highest BCUT2D eigenvalue weighted by molar-refractivity contribution is 7.10. The van der Waals surface area contributed by atoms with Crippen molar-refractivity contribution in [1.29, 1.82) is 0 Å². The van der Waals surface area contributed by atoms with Crippen LogP contribution in [0.2, 0.25) is 5.02 Å². The lowest BCUT2D eigenvalue weighted by atomic mass is 9.94. The Morgan fingerprint density at radius 1 is 1.19 bits per heavy atom. The Morgan fingerprint density at radius 3 is 2.90 bits per heavy atom. The molecule has 0 fully saturated rings. The third-order valence-corrected chi connectivity index (χ3v) is 4.75. The van der Waals surface area contributed by atoms with E-state index in [1.54, 1.807) is 23.9 Å². The maximum absolute atomic E-state index is 6.14. The fourth-order valence-electron chi connectivity index (χ4n) is 2.58. The Labute approximate surface area is 131 Å². The monoisotopic (exact) mass is 317 g/mol. The number of thiophene rings is 1. The van der Waals surface area contributed by atoms with Crippen molar-refractivity contribution in [2.75, 3.05) is 6.54 Å². The van der Waals surface area contributed by atoms with Crippen molar-refractivity contribution in [3.05, 3.63) is 68.8 Å². The Bertz CT molecular complexity index is 742. The van der Waals surface area contributed by atoms with Gasteiger partial charge < -0.3 is 9.47 Å². The molecule has 0 radical (unpaired) electrons. The van der Waals surface area contributed by atoms with E-state index in [9.17, 15) is 0 Å². The number of rotatable bonds is 2. The predicted octanol–water partition coefficient (Wildman–Crippen LogP) is 4.31. The molecule has 0 amide bonds. The van der Waals surface area contributed by atoms with E-state index in [0.717, 1.165) is 39.7 Å². The maximum atomic E-state index is 6.14. The van der Waals surface area contributed by atoms with Crippen LogP contribution in [0.1, 0.15) is 27.9 Å². The van der Waals surface area contributed by atoms with Crippen LogP contribution in [-0.2, 0) is 15.9 Å². The molecular weight excluding hydrogens is 306 g/mol. The molecular formula is C16H12ClNO2S. The standard InChI is InChI=1S/C16H12ClNO2S/c17-12-2-1-10-3-4-18-15(13(10)8-12)11-7-14(21-9-11)16-19-5-6-20-16/h1-2,5-9,16H,3-4H2. The molecule has 0 spiro atoms. The van der Waals surface area contributed by atoms with Gasteiger partial charge in [0.1, 0.15) is 12.5 Å². The van der Waals surface area contributed by atoms with Crippen LogP contribution in [0.3, 0.4) is 0 Å². The van der Waals surface area contributed by atoms with E-state index in [1.807, 2.05) is 12.1 Å². The summed E-state index contributed by atoms with van der Waals surface area (Å²) in [7, 11) is 0. The van der Waals surface area contributed by atoms with Crippen molar-refractivity contribution >= 4 is 28.6 Å². The first-order valence-corrected chi connectivity index (χ1v) is 7.95. The van der Waals surface area contributed by atoms with Gasteiger partial charge in [-0.15, -0.1) is 11.3 Å². The van der Waals surface area contributed by atoms with Gasteiger partial charge in [-0.25, -0.2) is 0 Å².